The summed E-state index contributed by atoms with van der Waals surface area (Å²) in [5, 5.41) is 0. The van der Waals surface area contributed by atoms with Crippen molar-refractivity contribution in [2.24, 2.45) is 5.41 Å². The summed E-state index contributed by atoms with van der Waals surface area (Å²) >= 11 is 0. The molecule has 6 nitrogen and oxygen atoms in total. The van der Waals surface area contributed by atoms with E-state index in [0.29, 0.717) is 22.8 Å². The molecule has 0 N–H and O–H groups in total. The third-order valence-corrected chi connectivity index (χ3v) is 2.90. The van der Waals surface area contributed by atoms with Crippen molar-refractivity contribution < 1.29 is 28.5 Å². The third kappa shape index (κ3) is 5.02. The zero-order chi connectivity index (χ0) is 17.6. The molecule has 0 unspecified atom stereocenters. The minimum atomic E-state index is -0.740. The van der Waals surface area contributed by atoms with Gasteiger partial charge >= 0.3 is 11.9 Å². The van der Waals surface area contributed by atoms with Crippen LogP contribution in [0, 0.1) is 5.41 Å². The summed E-state index contributed by atoms with van der Waals surface area (Å²) in [6.07, 6.45) is 2.67. The fourth-order valence-corrected chi connectivity index (χ4v) is 1.64. The molecule has 126 valence electrons. The second-order valence-corrected chi connectivity index (χ2v) is 5.75. The van der Waals surface area contributed by atoms with E-state index in [1.54, 1.807) is 32.9 Å². The number of esters is 2. The average Bonchev–Trinajstić information content (AvgIpc) is 2.50. The van der Waals surface area contributed by atoms with Crippen LogP contribution in [0.15, 0.2) is 18.2 Å². The zero-order valence-corrected chi connectivity index (χ0v) is 14.3. The topological polar surface area (TPSA) is 71.1 Å². The maximum absolute atomic E-state index is 11.7. The van der Waals surface area contributed by atoms with E-state index in [1.807, 2.05) is 0 Å². The first kappa shape index (κ1) is 18.5. The number of hydrogen-bond acceptors (Lipinski definition) is 6. The van der Waals surface area contributed by atoms with Gasteiger partial charge in [0, 0.05) is 6.08 Å². The number of carbonyl (C=O) groups is 2. The van der Waals surface area contributed by atoms with Crippen LogP contribution in [0.2, 0.25) is 0 Å². The number of ether oxygens (including phenoxy) is 4. The second kappa shape index (κ2) is 7.67. The highest BCUT2D eigenvalue weighted by atomic mass is 16.6. The lowest BCUT2D eigenvalue weighted by Crippen LogP contribution is -2.25. The lowest BCUT2D eigenvalue weighted by atomic mass is 9.97. The normalized spacial score (nSPS) is 11.2. The van der Waals surface area contributed by atoms with Gasteiger partial charge < -0.3 is 18.9 Å². The Morgan fingerprint density at radius 2 is 1.48 bits per heavy atom. The number of methoxy groups -OCH3 is 3. The smallest absolute Gasteiger partial charge is 0.338 e. The third-order valence-electron chi connectivity index (χ3n) is 2.90. The van der Waals surface area contributed by atoms with Gasteiger partial charge in [0.05, 0.1) is 26.7 Å². The van der Waals surface area contributed by atoms with Gasteiger partial charge in [-0.2, -0.15) is 0 Å². The van der Waals surface area contributed by atoms with E-state index in [9.17, 15) is 9.59 Å². The standard InChI is InChI=1S/C17H22O6/c1-17(2,3)16(19)23-14(18)8-7-11-9-12(20-4)15(22-6)13(10-11)21-5/h7-10H,1-6H3/b8-7+. The summed E-state index contributed by atoms with van der Waals surface area (Å²) in [5.41, 5.74) is -0.101. The van der Waals surface area contributed by atoms with Crippen molar-refractivity contribution in [2.45, 2.75) is 20.8 Å². The highest BCUT2D eigenvalue weighted by Crippen LogP contribution is 2.38. The second-order valence-electron chi connectivity index (χ2n) is 5.75. The molecule has 0 heterocycles. The van der Waals surface area contributed by atoms with Gasteiger partial charge in [-0.05, 0) is 44.5 Å². The number of hydrogen-bond donors (Lipinski definition) is 0. The van der Waals surface area contributed by atoms with Gasteiger partial charge in [-0.1, -0.05) is 0 Å². The first-order chi connectivity index (χ1) is 10.7. The first-order valence-corrected chi connectivity index (χ1v) is 6.97. The number of carbonyl (C=O) groups excluding carboxylic acids is 2. The zero-order valence-electron chi connectivity index (χ0n) is 14.3. The van der Waals surface area contributed by atoms with E-state index in [4.69, 9.17) is 18.9 Å². The molecule has 0 fully saturated rings. The molecule has 0 spiro atoms. The minimum Gasteiger partial charge on any atom is -0.493 e. The quantitative estimate of drug-likeness (QED) is 0.471. The summed E-state index contributed by atoms with van der Waals surface area (Å²) in [7, 11) is 4.51. The highest BCUT2D eigenvalue weighted by Gasteiger charge is 2.24. The van der Waals surface area contributed by atoms with Gasteiger partial charge in [-0.15, -0.1) is 0 Å². The van der Waals surface area contributed by atoms with Crippen molar-refractivity contribution in [2.75, 3.05) is 21.3 Å². The lowest BCUT2D eigenvalue weighted by molar-refractivity contribution is -0.162. The van der Waals surface area contributed by atoms with E-state index in [1.165, 1.54) is 33.5 Å². The van der Waals surface area contributed by atoms with Crippen LogP contribution in [0.4, 0.5) is 0 Å². The first-order valence-electron chi connectivity index (χ1n) is 6.97. The SMILES string of the molecule is COc1cc(/C=C/C(=O)OC(=O)C(C)(C)C)cc(OC)c1OC. The molecule has 1 aromatic rings. The van der Waals surface area contributed by atoms with Crippen LogP contribution in [0.1, 0.15) is 26.3 Å². The predicted octanol–water partition coefficient (Wildman–Crippen LogP) is 2.84. The molecule has 6 heteroatoms. The van der Waals surface area contributed by atoms with Gasteiger partial charge in [-0.3, -0.25) is 4.79 Å². The van der Waals surface area contributed by atoms with Gasteiger partial charge in [-0.25, -0.2) is 4.79 Å². The Hall–Kier alpha value is -2.50. The Morgan fingerprint density at radius 3 is 1.87 bits per heavy atom. The Kier molecular flexibility index (Phi) is 6.18. The molecule has 0 aliphatic heterocycles. The van der Waals surface area contributed by atoms with Crippen LogP contribution in [0.3, 0.4) is 0 Å². The Morgan fingerprint density at radius 1 is 0.957 bits per heavy atom. The lowest BCUT2D eigenvalue weighted by Gasteiger charge is -2.14. The maximum Gasteiger partial charge on any atom is 0.338 e. The molecule has 0 aliphatic carbocycles. The molecule has 0 saturated heterocycles. The molecule has 0 radical (unpaired) electrons. The van der Waals surface area contributed by atoms with E-state index < -0.39 is 17.4 Å². The molecular weight excluding hydrogens is 300 g/mol. The van der Waals surface area contributed by atoms with Crippen molar-refractivity contribution in [3.63, 3.8) is 0 Å². The van der Waals surface area contributed by atoms with Crippen LogP contribution >= 0.6 is 0 Å². The van der Waals surface area contributed by atoms with Gasteiger partial charge in [0.1, 0.15) is 0 Å². The van der Waals surface area contributed by atoms with E-state index in [-0.39, 0.29) is 0 Å². The Labute approximate surface area is 136 Å². The van der Waals surface area contributed by atoms with Gasteiger partial charge in [0.25, 0.3) is 0 Å². The van der Waals surface area contributed by atoms with Crippen LogP contribution in [-0.2, 0) is 14.3 Å². The summed E-state index contributed by atoms with van der Waals surface area (Å²) in [5.74, 6) is 0.0598. The molecule has 0 aliphatic rings. The van der Waals surface area contributed by atoms with Crippen LogP contribution in [-0.4, -0.2) is 33.3 Å². The van der Waals surface area contributed by atoms with Crippen molar-refractivity contribution in [3.05, 3.63) is 23.8 Å². The number of benzene rings is 1. The Bertz CT molecular complexity index is 585. The minimum absolute atomic E-state index is 0.456. The molecule has 0 amide bonds. The number of rotatable bonds is 5. The molecule has 1 aromatic carbocycles. The monoisotopic (exact) mass is 322 g/mol. The van der Waals surface area contributed by atoms with Crippen LogP contribution in [0.5, 0.6) is 17.2 Å². The fraction of sp³-hybridized carbons (Fsp3) is 0.412. The molecule has 0 bridgehead atoms. The molecule has 0 saturated carbocycles. The van der Waals surface area contributed by atoms with E-state index >= 15 is 0 Å². The highest BCUT2D eigenvalue weighted by molar-refractivity contribution is 5.96. The molecule has 0 atom stereocenters. The molecule has 23 heavy (non-hydrogen) atoms. The molecule has 0 aromatic heterocycles. The molecule has 1 rings (SSSR count). The summed E-state index contributed by atoms with van der Waals surface area (Å²) in [4.78, 5) is 23.3. The fourth-order valence-electron chi connectivity index (χ4n) is 1.64. The molecular formula is C17H22O6. The predicted molar refractivity (Wildman–Crippen MR) is 85.7 cm³/mol. The average molecular weight is 322 g/mol. The summed E-state index contributed by atoms with van der Waals surface area (Å²) < 4.78 is 20.4. The van der Waals surface area contributed by atoms with Crippen molar-refractivity contribution in [1.29, 1.82) is 0 Å². The van der Waals surface area contributed by atoms with E-state index in [2.05, 4.69) is 0 Å². The summed E-state index contributed by atoms with van der Waals surface area (Å²) in [6, 6.07) is 3.35. The van der Waals surface area contributed by atoms with Crippen LogP contribution in [0.25, 0.3) is 6.08 Å². The van der Waals surface area contributed by atoms with Gasteiger partial charge in [0.2, 0.25) is 5.75 Å². The van der Waals surface area contributed by atoms with Gasteiger partial charge in [0.15, 0.2) is 11.5 Å². The largest absolute Gasteiger partial charge is 0.493 e. The summed E-state index contributed by atoms with van der Waals surface area (Å²) in [6.45, 7) is 5.02. The Balaban J connectivity index is 2.96. The van der Waals surface area contributed by atoms with Crippen molar-refractivity contribution in [1.82, 2.24) is 0 Å². The van der Waals surface area contributed by atoms with Crippen LogP contribution < -0.4 is 14.2 Å². The van der Waals surface area contributed by atoms with Crippen molar-refractivity contribution >= 4 is 18.0 Å². The maximum atomic E-state index is 11.7. The van der Waals surface area contributed by atoms with Crippen molar-refractivity contribution in [3.8, 4) is 17.2 Å². The van der Waals surface area contributed by atoms with E-state index in [0.717, 1.165) is 0 Å².